The lowest BCUT2D eigenvalue weighted by Crippen LogP contribution is -2.14. The number of sulfonamides is 1. The summed E-state index contributed by atoms with van der Waals surface area (Å²) in [5.41, 5.74) is 1.36. The van der Waals surface area contributed by atoms with E-state index in [4.69, 9.17) is 4.42 Å². The van der Waals surface area contributed by atoms with Gasteiger partial charge >= 0.3 is 5.76 Å². The second kappa shape index (κ2) is 3.92. The van der Waals surface area contributed by atoms with Crippen LogP contribution in [0, 0.1) is 0 Å². The molecule has 0 atom stereocenters. The Kier molecular flexibility index (Phi) is 2.70. The van der Waals surface area contributed by atoms with Crippen molar-refractivity contribution in [3.05, 3.63) is 28.7 Å². The highest BCUT2D eigenvalue weighted by Gasteiger charge is 2.10. The summed E-state index contributed by atoms with van der Waals surface area (Å²) in [6.07, 6.45) is 0. The smallest absolute Gasteiger partial charge is 0.408 e. The number of anilines is 1. The van der Waals surface area contributed by atoms with Crippen LogP contribution in [0.2, 0.25) is 0 Å². The minimum absolute atomic E-state index is 0.0101. The Balaban J connectivity index is 2.49. The predicted octanol–water partition coefficient (Wildman–Crippen LogP) is 0.893. The van der Waals surface area contributed by atoms with E-state index in [1.54, 1.807) is 26.1 Å². The first-order valence-corrected chi connectivity index (χ1v) is 6.68. The van der Waals surface area contributed by atoms with Crippen LogP contribution in [0.25, 0.3) is 11.1 Å². The van der Waals surface area contributed by atoms with E-state index in [1.807, 2.05) is 0 Å². The highest BCUT2D eigenvalue weighted by Crippen LogP contribution is 2.18. The van der Waals surface area contributed by atoms with Gasteiger partial charge in [-0.1, -0.05) is 0 Å². The Morgan fingerprint density at radius 3 is 2.76 bits per heavy atom. The molecule has 0 saturated heterocycles. The van der Waals surface area contributed by atoms with Gasteiger partial charge in [0.05, 0.1) is 17.0 Å². The van der Waals surface area contributed by atoms with Crippen molar-refractivity contribution in [1.29, 1.82) is 0 Å². The summed E-state index contributed by atoms with van der Waals surface area (Å²) in [6, 6.07) is 4.71. The fourth-order valence-corrected chi connectivity index (χ4v) is 2.08. The zero-order chi connectivity index (χ0) is 12.6. The van der Waals surface area contributed by atoms with Gasteiger partial charge in [-0.05, 0) is 19.1 Å². The number of aryl methyl sites for hydroxylation is 1. The van der Waals surface area contributed by atoms with E-state index in [9.17, 15) is 13.2 Å². The molecule has 2 rings (SSSR count). The van der Waals surface area contributed by atoms with Crippen molar-refractivity contribution in [3.63, 3.8) is 0 Å². The molecule has 1 aromatic heterocycles. The van der Waals surface area contributed by atoms with Crippen molar-refractivity contribution in [2.75, 3.05) is 10.5 Å². The molecule has 0 aliphatic rings. The Morgan fingerprint density at radius 2 is 2.12 bits per heavy atom. The molecule has 2 aromatic rings. The summed E-state index contributed by atoms with van der Waals surface area (Å²) in [7, 11) is -1.73. The van der Waals surface area contributed by atoms with E-state index in [0.29, 0.717) is 16.8 Å². The van der Waals surface area contributed by atoms with E-state index >= 15 is 0 Å². The van der Waals surface area contributed by atoms with Crippen molar-refractivity contribution in [1.82, 2.24) is 4.57 Å². The van der Waals surface area contributed by atoms with Crippen LogP contribution < -0.4 is 10.5 Å². The van der Waals surface area contributed by atoms with Crippen molar-refractivity contribution in [2.45, 2.75) is 6.92 Å². The first kappa shape index (κ1) is 11.7. The molecule has 0 unspecified atom stereocenters. The summed E-state index contributed by atoms with van der Waals surface area (Å²) in [5, 5.41) is 0. The van der Waals surface area contributed by atoms with Gasteiger partial charge in [-0.3, -0.25) is 9.29 Å². The lowest BCUT2D eigenvalue weighted by atomic mass is 10.3. The van der Waals surface area contributed by atoms with Crippen LogP contribution >= 0.6 is 0 Å². The summed E-state index contributed by atoms with van der Waals surface area (Å²) in [6.45, 7) is 1.55. The van der Waals surface area contributed by atoms with Crippen molar-refractivity contribution < 1.29 is 12.8 Å². The maximum Gasteiger partial charge on any atom is 0.419 e. The molecule has 1 N–H and O–H groups in total. The van der Waals surface area contributed by atoms with Gasteiger partial charge in [0.2, 0.25) is 10.0 Å². The number of oxazole rings is 1. The SMILES string of the molecule is CCS(=O)(=O)Nc1ccc2c(c1)oc(=O)n2C. The molecule has 0 amide bonds. The van der Waals surface area contributed by atoms with Crippen molar-refractivity contribution in [2.24, 2.45) is 7.05 Å². The largest absolute Gasteiger partial charge is 0.419 e. The van der Waals surface area contributed by atoms with Gasteiger partial charge in [0.15, 0.2) is 5.58 Å². The van der Waals surface area contributed by atoms with Gasteiger partial charge in [-0.2, -0.15) is 0 Å². The number of rotatable bonds is 3. The first-order valence-electron chi connectivity index (χ1n) is 5.03. The Labute approximate surface area is 97.9 Å². The van der Waals surface area contributed by atoms with E-state index < -0.39 is 15.8 Å². The summed E-state index contributed by atoms with van der Waals surface area (Å²) in [5.74, 6) is -0.487. The highest BCUT2D eigenvalue weighted by molar-refractivity contribution is 7.92. The van der Waals surface area contributed by atoms with Crippen LogP contribution in [0.15, 0.2) is 27.4 Å². The van der Waals surface area contributed by atoms with Crippen LogP contribution in [0.4, 0.5) is 5.69 Å². The number of nitrogens with zero attached hydrogens (tertiary/aromatic N) is 1. The number of aromatic nitrogens is 1. The highest BCUT2D eigenvalue weighted by atomic mass is 32.2. The molecule has 0 radical (unpaired) electrons. The van der Waals surface area contributed by atoms with Gasteiger partial charge in [0, 0.05) is 13.1 Å². The summed E-state index contributed by atoms with van der Waals surface area (Å²) >= 11 is 0. The summed E-state index contributed by atoms with van der Waals surface area (Å²) < 4.78 is 31.4. The van der Waals surface area contributed by atoms with E-state index in [2.05, 4.69) is 4.72 Å². The second-order valence-corrected chi connectivity index (χ2v) is 5.63. The normalized spacial score (nSPS) is 11.9. The first-order chi connectivity index (χ1) is 7.93. The minimum atomic E-state index is -3.32. The van der Waals surface area contributed by atoms with Crippen molar-refractivity contribution in [3.8, 4) is 0 Å². The van der Waals surface area contributed by atoms with Gasteiger partial charge in [-0.15, -0.1) is 0 Å². The lowest BCUT2D eigenvalue weighted by Gasteiger charge is -2.05. The average molecular weight is 256 g/mol. The van der Waals surface area contributed by atoms with Crippen LogP contribution in [0.5, 0.6) is 0 Å². The molecular weight excluding hydrogens is 244 g/mol. The van der Waals surface area contributed by atoms with Gasteiger partial charge in [0.25, 0.3) is 0 Å². The Hall–Kier alpha value is -1.76. The molecule has 17 heavy (non-hydrogen) atoms. The van der Waals surface area contributed by atoms with Gasteiger partial charge in [0.1, 0.15) is 0 Å². The molecule has 6 nitrogen and oxygen atoms in total. The average Bonchev–Trinajstić information content (AvgIpc) is 2.54. The molecule has 0 bridgehead atoms. The third-order valence-corrected chi connectivity index (χ3v) is 3.75. The molecule has 1 aromatic carbocycles. The summed E-state index contributed by atoms with van der Waals surface area (Å²) in [4.78, 5) is 11.2. The monoisotopic (exact) mass is 256 g/mol. The third-order valence-electron chi connectivity index (χ3n) is 2.45. The standard InChI is InChI=1S/C10H12N2O4S/c1-3-17(14,15)11-7-4-5-8-9(6-7)16-10(13)12(8)2/h4-6,11H,3H2,1-2H3. The minimum Gasteiger partial charge on any atom is -0.408 e. The van der Waals surface area contributed by atoms with Crippen molar-refractivity contribution >= 4 is 26.8 Å². The molecule has 0 aliphatic carbocycles. The zero-order valence-corrected chi connectivity index (χ0v) is 10.2. The molecule has 0 aliphatic heterocycles. The second-order valence-electron chi connectivity index (χ2n) is 3.61. The lowest BCUT2D eigenvalue weighted by molar-refractivity contribution is 0.528. The fraction of sp³-hybridized carbons (Fsp3) is 0.300. The van der Waals surface area contributed by atoms with Crippen LogP contribution in [0.1, 0.15) is 6.92 Å². The van der Waals surface area contributed by atoms with Crippen LogP contribution in [0.3, 0.4) is 0 Å². The van der Waals surface area contributed by atoms with E-state index in [0.717, 1.165) is 0 Å². The van der Waals surface area contributed by atoms with E-state index in [-0.39, 0.29) is 5.75 Å². The zero-order valence-electron chi connectivity index (χ0n) is 9.43. The van der Waals surface area contributed by atoms with Crippen LogP contribution in [-0.2, 0) is 17.1 Å². The van der Waals surface area contributed by atoms with Gasteiger partial charge < -0.3 is 4.42 Å². The number of hydrogen-bond acceptors (Lipinski definition) is 4. The Morgan fingerprint density at radius 1 is 1.41 bits per heavy atom. The quantitative estimate of drug-likeness (QED) is 0.884. The third kappa shape index (κ3) is 2.19. The predicted molar refractivity (Wildman–Crippen MR) is 64.5 cm³/mol. The molecule has 0 fully saturated rings. The molecule has 92 valence electrons. The fourth-order valence-electron chi connectivity index (χ4n) is 1.45. The molecule has 0 spiro atoms. The topological polar surface area (TPSA) is 81.3 Å². The maximum absolute atomic E-state index is 11.4. The molecule has 1 heterocycles. The number of fused-ring (bicyclic) bond motifs is 1. The van der Waals surface area contributed by atoms with Gasteiger partial charge in [-0.25, -0.2) is 13.2 Å². The maximum atomic E-state index is 11.4. The molecular formula is C10H12N2O4S. The number of benzene rings is 1. The number of nitrogens with one attached hydrogen (secondary N) is 1. The van der Waals surface area contributed by atoms with E-state index in [1.165, 1.54) is 10.6 Å². The molecule has 0 saturated carbocycles. The Bertz CT molecular complexity index is 711. The number of hydrogen-bond donors (Lipinski definition) is 1. The molecule has 7 heteroatoms. The van der Waals surface area contributed by atoms with Crippen LogP contribution in [-0.4, -0.2) is 18.7 Å².